The minimum absolute atomic E-state index is 0.0647. The zero-order valence-corrected chi connectivity index (χ0v) is 17.2. The molecule has 0 saturated carbocycles. The molecule has 4 rings (SSSR count). The van der Waals surface area contributed by atoms with Crippen LogP contribution in [0.3, 0.4) is 0 Å². The van der Waals surface area contributed by atoms with Gasteiger partial charge in [0, 0.05) is 24.4 Å². The van der Waals surface area contributed by atoms with Crippen LogP contribution in [-0.4, -0.2) is 51.3 Å². The minimum atomic E-state index is -0.484. The van der Waals surface area contributed by atoms with E-state index in [1.54, 1.807) is 13.2 Å². The average molecular weight is 396 g/mol. The van der Waals surface area contributed by atoms with Crippen LogP contribution in [0.15, 0.2) is 35.3 Å². The smallest absolute Gasteiger partial charge is 0.291 e. The molecule has 1 aromatic carbocycles. The largest absolute Gasteiger partial charge is 0.354 e. The van der Waals surface area contributed by atoms with E-state index in [0.717, 1.165) is 29.3 Å². The number of likely N-dealkylation sites (tertiary alicyclic amines) is 1. The SMILES string of the molecule is CC(C(=O)NCCCN1CCCCC1)n1c2ccccc2c2cnn(C)c(=O)c21. The van der Waals surface area contributed by atoms with E-state index in [4.69, 9.17) is 0 Å². The molecule has 2 aromatic heterocycles. The summed E-state index contributed by atoms with van der Waals surface area (Å²) >= 11 is 0. The Labute approximate surface area is 170 Å². The summed E-state index contributed by atoms with van der Waals surface area (Å²) in [5, 5.41) is 8.96. The molecule has 1 saturated heterocycles. The molecule has 154 valence electrons. The van der Waals surface area contributed by atoms with Gasteiger partial charge in [-0.15, -0.1) is 0 Å². The number of benzene rings is 1. The van der Waals surface area contributed by atoms with Crippen molar-refractivity contribution in [2.75, 3.05) is 26.2 Å². The number of aryl methyl sites for hydroxylation is 1. The molecule has 3 heterocycles. The predicted molar refractivity (Wildman–Crippen MR) is 115 cm³/mol. The first kappa shape index (κ1) is 19.6. The van der Waals surface area contributed by atoms with E-state index in [2.05, 4.69) is 15.3 Å². The summed E-state index contributed by atoms with van der Waals surface area (Å²) in [5.74, 6) is -0.0647. The van der Waals surface area contributed by atoms with Crippen molar-refractivity contribution in [3.8, 4) is 0 Å². The number of carbonyl (C=O) groups is 1. The lowest BCUT2D eigenvalue weighted by atomic mass is 10.1. The Balaban J connectivity index is 1.54. The van der Waals surface area contributed by atoms with Crippen LogP contribution in [0.5, 0.6) is 0 Å². The molecule has 3 aromatic rings. The van der Waals surface area contributed by atoms with Crippen LogP contribution in [0.1, 0.15) is 38.6 Å². The van der Waals surface area contributed by atoms with Gasteiger partial charge in [0.2, 0.25) is 5.91 Å². The molecule has 1 unspecified atom stereocenters. The van der Waals surface area contributed by atoms with Crippen molar-refractivity contribution in [2.24, 2.45) is 7.05 Å². The number of rotatable bonds is 6. The lowest BCUT2D eigenvalue weighted by Crippen LogP contribution is -2.36. The van der Waals surface area contributed by atoms with Gasteiger partial charge in [-0.1, -0.05) is 24.6 Å². The molecular weight excluding hydrogens is 366 g/mol. The van der Waals surface area contributed by atoms with Crippen LogP contribution in [-0.2, 0) is 11.8 Å². The Hall–Kier alpha value is -2.67. The van der Waals surface area contributed by atoms with E-state index in [1.165, 1.54) is 37.0 Å². The molecule has 0 radical (unpaired) electrons. The number of hydrogen-bond acceptors (Lipinski definition) is 4. The number of aromatic nitrogens is 3. The fourth-order valence-corrected chi connectivity index (χ4v) is 4.35. The molecule has 1 N–H and O–H groups in total. The zero-order valence-electron chi connectivity index (χ0n) is 17.2. The fourth-order valence-electron chi connectivity index (χ4n) is 4.35. The van der Waals surface area contributed by atoms with Crippen LogP contribution >= 0.6 is 0 Å². The third-order valence-corrected chi connectivity index (χ3v) is 5.97. The van der Waals surface area contributed by atoms with Crippen LogP contribution in [0.2, 0.25) is 0 Å². The first-order valence-corrected chi connectivity index (χ1v) is 10.5. The standard InChI is InChI=1S/C22H29N5O2/c1-16(21(28)23-11-8-14-26-12-6-3-7-13-26)27-19-10-5-4-9-17(19)18-15-24-25(2)22(29)20(18)27/h4-5,9-10,15-16H,3,6-8,11-14H2,1-2H3,(H,23,28). The number of fused-ring (bicyclic) bond motifs is 3. The minimum Gasteiger partial charge on any atom is -0.354 e. The Morgan fingerprint density at radius 2 is 1.93 bits per heavy atom. The molecule has 1 atom stereocenters. The van der Waals surface area contributed by atoms with E-state index in [1.807, 2.05) is 35.8 Å². The van der Waals surface area contributed by atoms with Gasteiger partial charge < -0.3 is 14.8 Å². The molecule has 29 heavy (non-hydrogen) atoms. The first-order valence-electron chi connectivity index (χ1n) is 10.5. The summed E-state index contributed by atoms with van der Waals surface area (Å²) in [7, 11) is 1.63. The number of amides is 1. The summed E-state index contributed by atoms with van der Waals surface area (Å²) in [6.07, 6.45) is 6.54. The average Bonchev–Trinajstić information content (AvgIpc) is 3.09. The van der Waals surface area contributed by atoms with Gasteiger partial charge in [-0.2, -0.15) is 5.10 Å². The molecule has 1 fully saturated rings. The van der Waals surface area contributed by atoms with Crippen LogP contribution < -0.4 is 10.9 Å². The summed E-state index contributed by atoms with van der Waals surface area (Å²) in [6, 6.07) is 7.31. The highest BCUT2D eigenvalue weighted by molar-refractivity contribution is 6.08. The van der Waals surface area contributed by atoms with Crippen molar-refractivity contribution in [1.82, 2.24) is 24.6 Å². The fraction of sp³-hybridized carbons (Fsp3) is 0.500. The second kappa shape index (κ2) is 8.37. The summed E-state index contributed by atoms with van der Waals surface area (Å²) in [6.45, 7) is 5.87. The first-order chi connectivity index (χ1) is 14.1. The topological polar surface area (TPSA) is 72.2 Å². The maximum Gasteiger partial charge on any atom is 0.291 e. The Morgan fingerprint density at radius 1 is 1.17 bits per heavy atom. The number of carbonyl (C=O) groups excluding carboxylic acids is 1. The predicted octanol–water partition coefficient (Wildman–Crippen LogP) is 2.44. The van der Waals surface area contributed by atoms with Gasteiger partial charge in [-0.25, -0.2) is 4.68 Å². The van der Waals surface area contributed by atoms with Gasteiger partial charge >= 0.3 is 0 Å². The maximum absolute atomic E-state index is 12.9. The van der Waals surface area contributed by atoms with Crippen molar-refractivity contribution in [1.29, 1.82) is 0 Å². The van der Waals surface area contributed by atoms with Crippen molar-refractivity contribution >= 4 is 27.7 Å². The van der Waals surface area contributed by atoms with Gasteiger partial charge in [0.15, 0.2) is 0 Å². The van der Waals surface area contributed by atoms with Gasteiger partial charge in [0.25, 0.3) is 5.56 Å². The second-order valence-electron chi connectivity index (χ2n) is 7.95. The van der Waals surface area contributed by atoms with E-state index in [-0.39, 0.29) is 11.5 Å². The molecule has 1 aliphatic rings. The summed E-state index contributed by atoms with van der Waals surface area (Å²) < 4.78 is 3.18. The monoisotopic (exact) mass is 395 g/mol. The molecule has 1 aliphatic heterocycles. The highest BCUT2D eigenvalue weighted by Crippen LogP contribution is 2.29. The highest BCUT2D eigenvalue weighted by Gasteiger charge is 2.23. The molecular formula is C22H29N5O2. The molecule has 0 aliphatic carbocycles. The van der Waals surface area contributed by atoms with Crippen molar-refractivity contribution < 1.29 is 4.79 Å². The lowest BCUT2D eigenvalue weighted by Gasteiger charge is -2.26. The zero-order chi connectivity index (χ0) is 20.4. The van der Waals surface area contributed by atoms with Crippen LogP contribution in [0.25, 0.3) is 21.8 Å². The van der Waals surface area contributed by atoms with Crippen molar-refractivity contribution in [2.45, 2.75) is 38.6 Å². The molecule has 1 amide bonds. The number of nitrogens with zero attached hydrogens (tertiary/aromatic N) is 4. The number of para-hydroxylation sites is 1. The molecule has 0 bridgehead atoms. The summed E-state index contributed by atoms with van der Waals surface area (Å²) in [5.41, 5.74) is 1.21. The number of piperidine rings is 1. The van der Waals surface area contributed by atoms with Crippen molar-refractivity contribution in [3.63, 3.8) is 0 Å². The lowest BCUT2D eigenvalue weighted by molar-refractivity contribution is -0.123. The van der Waals surface area contributed by atoms with E-state index in [0.29, 0.717) is 12.1 Å². The molecule has 7 nitrogen and oxygen atoms in total. The van der Waals surface area contributed by atoms with Gasteiger partial charge in [0.05, 0.1) is 11.7 Å². The van der Waals surface area contributed by atoms with Gasteiger partial charge in [-0.3, -0.25) is 9.59 Å². The molecule has 7 heteroatoms. The second-order valence-corrected chi connectivity index (χ2v) is 7.95. The normalized spacial score (nSPS) is 16.3. The van der Waals surface area contributed by atoms with Gasteiger partial charge in [0.1, 0.15) is 11.6 Å². The maximum atomic E-state index is 12.9. The van der Waals surface area contributed by atoms with Gasteiger partial charge in [-0.05, 0) is 51.9 Å². The number of hydrogen-bond donors (Lipinski definition) is 1. The Kier molecular flexibility index (Phi) is 5.67. The highest BCUT2D eigenvalue weighted by atomic mass is 16.2. The quantitative estimate of drug-likeness (QED) is 0.651. The Bertz CT molecular complexity index is 1080. The van der Waals surface area contributed by atoms with Crippen molar-refractivity contribution in [3.05, 3.63) is 40.8 Å². The summed E-state index contributed by atoms with van der Waals surface area (Å²) in [4.78, 5) is 28.2. The van der Waals surface area contributed by atoms with E-state index >= 15 is 0 Å². The van der Waals surface area contributed by atoms with E-state index in [9.17, 15) is 9.59 Å². The molecule has 0 spiro atoms. The third-order valence-electron chi connectivity index (χ3n) is 5.97. The number of nitrogens with one attached hydrogen (secondary N) is 1. The van der Waals surface area contributed by atoms with Crippen LogP contribution in [0, 0.1) is 0 Å². The Morgan fingerprint density at radius 3 is 2.72 bits per heavy atom. The third kappa shape index (κ3) is 3.79. The van der Waals surface area contributed by atoms with E-state index < -0.39 is 6.04 Å². The van der Waals surface area contributed by atoms with Crippen LogP contribution in [0.4, 0.5) is 0 Å².